The normalized spacial score (nSPS) is 28.8. The number of rotatable bonds is 6. The summed E-state index contributed by atoms with van der Waals surface area (Å²) in [4.78, 5) is 15.1. The van der Waals surface area contributed by atoms with Gasteiger partial charge in [0.25, 0.3) is 0 Å². The van der Waals surface area contributed by atoms with Gasteiger partial charge in [0.15, 0.2) is 0 Å². The van der Waals surface area contributed by atoms with Crippen molar-refractivity contribution in [2.45, 2.75) is 58.4 Å². The number of hydrogen-bond acceptors (Lipinski definition) is 3. The van der Waals surface area contributed by atoms with E-state index in [0.717, 1.165) is 19.4 Å². The van der Waals surface area contributed by atoms with Crippen LogP contribution in [-0.2, 0) is 4.79 Å². The molecule has 2 rings (SSSR count). The minimum atomic E-state index is 0.148. The molecule has 3 atom stereocenters. The molecule has 0 aromatic heterocycles. The van der Waals surface area contributed by atoms with Gasteiger partial charge in [-0.2, -0.15) is 0 Å². The molecule has 21 heavy (non-hydrogen) atoms. The van der Waals surface area contributed by atoms with Crippen molar-refractivity contribution < 1.29 is 4.79 Å². The van der Waals surface area contributed by atoms with E-state index in [2.05, 4.69) is 24.1 Å². The van der Waals surface area contributed by atoms with Gasteiger partial charge in [0.1, 0.15) is 0 Å². The van der Waals surface area contributed by atoms with Gasteiger partial charge < -0.3 is 11.1 Å². The molecule has 3 unspecified atom stereocenters. The van der Waals surface area contributed by atoms with E-state index in [1.54, 1.807) is 0 Å². The van der Waals surface area contributed by atoms with Gasteiger partial charge in [-0.1, -0.05) is 26.7 Å². The summed E-state index contributed by atoms with van der Waals surface area (Å²) in [5.41, 5.74) is 5.85. The molecule has 4 heteroatoms. The molecule has 1 aliphatic carbocycles. The van der Waals surface area contributed by atoms with E-state index in [-0.39, 0.29) is 11.8 Å². The largest absolute Gasteiger partial charge is 0.354 e. The summed E-state index contributed by atoms with van der Waals surface area (Å²) in [6, 6.07) is 0.483. The highest BCUT2D eigenvalue weighted by Gasteiger charge is 2.31. The van der Waals surface area contributed by atoms with Crippen LogP contribution >= 0.6 is 0 Å². The maximum absolute atomic E-state index is 12.5. The molecule has 0 aromatic rings. The van der Waals surface area contributed by atoms with Crippen molar-refractivity contribution in [3.63, 3.8) is 0 Å². The van der Waals surface area contributed by atoms with Crippen LogP contribution < -0.4 is 11.1 Å². The van der Waals surface area contributed by atoms with Crippen LogP contribution in [0.5, 0.6) is 0 Å². The quantitative estimate of drug-likeness (QED) is 0.788. The Morgan fingerprint density at radius 3 is 2.48 bits per heavy atom. The molecule has 1 amide bonds. The Morgan fingerprint density at radius 1 is 1.19 bits per heavy atom. The molecule has 0 radical (unpaired) electrons. The van der Waals surface area contributed by atoms with Gasteiger partial charge >= 0.3 is 0 Å². The Kier molecular flexibility index (Phi) is 6.49. The average molecular weight is 295 g/mol. The van der Waals surface area contributed by atoms with Crippen LogP contribution in [0.15, 0.2) is 0 Å². The molecule has 2 fully saturated rings. The van der Waals surface area contributed by atoms with Crippen LogP contribution in [-0.4, -0.2) is 43.0 Å². The first kappa shape index (κ1) is 16.8. The van der Waals surface area contributed by atoms with Crippen molar-refractivity contribution in [1.29, 1.82) is 0 Å². The first-order chi connectivity index (χ1) is 10.1. The molecule has 122 valence electrons. The van der Waals surface area contributed by atoms with E-state index < -0.39 is 0 Å². The average Bonchev–Trinajstić information content (AvgIpc) is 3.01. The second kappa shape index (κ2) is 8.14. The monoisotopic (exact) mass is 295 g/mol. The van der Waals surface area contributed by atoms with Crippen molar-refractivity contribution in [2.24, 2.45) is 23.5 Å². The molecule has 1 saturated heterocycles. The van der Waals surface area contributed by atoms with Crippen molar-refractivity contribution in [3.8, 4) is 0 Å². The zero-order chi connectivity index (χ0) is 15.2. The molecule has 1 heterocycles. The van der Waals surface area contributed by atoms with E-state index in [0.29, 0.717) is 24.4 Å². The van der Waals surface area contributed by atoms with Crippen molar-refractivity contribution in [1.82, 2.24) is 10.2 Å². The summed E-state index contributed by atoms with van der Waals surface area (Å²) in [5, 5.41) is 3.24. The number of nitrogens with one attached hydrogen (secondary N) is 1. The van der Waals surface area contributed by atoms with Crippen molar-refractivity contribution in [2.75, 3.05) is 26.2 Å². The summed E-state index contributed by atoms with van der Waals surface area (Å²) in [6.45, 7) is 8.35. The van der Waals surface area contributed by atoms with Crippen LogP contribution in [0.2, 0.25) is 0 Å². The summed E-state index contributed by atoms with van der Waals surface area (Å²) in [7, 11) is 0. The number of carbonyl (C=O) groups is 1. The Bertz CT molecular complexity index is 326. The fourth-order valence-corrected chi connectivity index (χ4v) is 4.03. The van der Waals surface area contributed by atoms with Gasteiger partial charge in [-0.3, -0.25) is 9.69 Å². The maximum atomic E-state index is 12.5. The number of nitrogens with two attached hydrogens (primary N) is 1. The second-order valence-corrected chi connectivity index (χ2v) is 7.19. The Balaban J connectivity index is 1.85. The molecule has 3 N–H and O–H groups in total. The molecule has 0 bridgehead atoms. The molecule has 4 nitrogen and oxygen atoms in total. The zero-order valence-corrected chi connectivity index (χ0v) is 13.8. The van der Waals surface area contributed by atoms with E-state index in [4.69, 9.17) is 5.73 Å². The van der Waals surface area contributed by atoms with Crippen LogP contribution in [0, 0.1) is 17.8 Å². The number of amides is 1. The highest BCUT2D eigenvalue weighted by molar-refractivity contribution is 5.79. The minimum absolute atomic E-state index is 0.148. The summed E-state index contributed by atoms with van der Waals surface area (Å²) < 4.78 is 0. The van der Waals surface area contributed by atoms with Crippen LogP contribution in [0.3, 0.4) is 0 Å². The third-order valence-electron chi connectivity index (χ3n) is 5.41. The molecule has 0 aromatic carbocycles. The fourth-order valence-electron chi connectivity index (χ4n) is 4.03. The Labute approximate surface area is 129 Å². The van der Waals surface area contributed by atoms with Crippen LogP contribution in [0.4, 0.5) is 0 Å². The smallest absolute Gasteiger partial charge is 0.223 e. The first-order valence-corrected chi connectivity index (χ1v) is 8.85. The summed E-state index contributed by atoms with van der Waals surface area (Å²) in [5.74, 6) is 1.37. The van der Waals surface area contributed by atoms with Crippen LogP contribution in [0.1, 0.15) is 52.4 Å². The van der Waals surface area contributed by atoms with E-state index in [9.17, 15) is 4.79 Å². The van der Waals surface area contributed by atoms with Gasteiger partial charge in [0.05, 0.1) is 0 Å². The second-order valence-electron chi connectivity index (χ2n) is 7.19. The highest BCUT2D eigenvalue weighted by Crippen LogP contribution is 2.29. The molecular weight excluding hydrogens is 262 g/mol. The third-order valence-corrected chi connectivity index (χ3v) is 5.41. The lowest BCUT2D eigenvalue weighted by molar-refractivity contribution is -0.128. The lowest BCUT2D eigenvalue weighted by atomic mass is 9.78. The molecule has 1 aliphatic heterocycles. The Morgan fingerprint density at radius 2 is 1.86 bits per heavy atom. The lowest BCUT2D eigenvalue weighted by Crippen LogP contribution is -2.48. The highest BCUT2D eigenvalue weighted by atomic mass is 16.1. The van der Waals surface area contributed by atoms with Gasteiger partial charge in [-0.15, -0.1) is 0 Å². The molecule has 1 saturated carbocycles. The van der Waals surface area contributed by atoms with E-state index >= 15 is 0 Å². The van der Waals surface area contributed by atoms with Gasteiger partial charge in [-0.25, -0.2) is 0 Å². The molecular formula is C17H33N3O. The lowest BCUT2D eigenvalue weighted by Gasteiger charge is -2.33. The van der Waals surface area contributed by atoms with Crippen LogP contribution in [0.25, 0.3) is 0 Å². The number of nitrogens with zero attached hydrogens (tertiary/aromatic N) is 1. The molecule has 2 aliphatic rings. The summed E-state index contributed by atoms with van der Waals surface area (Å²) >= 11 is 0. The topological polar surface area (TPSA) is 58.4 Å². The van der Waals surface area contributed by atoms with Gasteiger partial charge in [0, 0.05) is 18.5 Å². The number of hydrogen-bond donors (Lipinski definition) is 2. The predicted octanol–water partition coefficient (Wildman–Crippen LogP) is 1.99. The van der Waals surface area contributed by atoms with Gasteiger partial charge in [0.2, 0.25) is 5.91 Å². The fraction of sp³-hybridized carbons (Fsp3) is 0.941. The van der Waals surface area contributed by atoms with Crippen molar-refractivity contribution >= 4 is 5.91 Å². The van der Waals surface area contributed by atoms with Gasteiger partial charge in [-0.05, 0) is 57.2 Å². The SMILES string of the molecule is CC(C)C(CNC(=O)C1CCCCC1CN)N1CCCC1. The number of likely N-dealkylation sites (tertiary alicyclic amines) is 1. The molecule has 0 spiro atoms. The Hall–Kier alpha value is -0.610. The van der Waals surface area contributed by atoms with E-state index in [1.165, 1.54) is 38.8 Å². The predicted molar refractivity (Wildman–Crippen MR) is 86.9 cm³/mol. The van der Waals surface area contributed by atoms with Crippen molar-refractivity contribution in [3.05, 3.63) is 0 Å². The summed E-state index contributed by atoms with van der Waals surface area (Å²) in [6.07, 6.45) is 7.14. The first-order valence-electron chi connectivity index (χ1n) is 8.85. The van der Waals surface area contributed by atoms with E-state index in [1.807, 2.05) is 0 Å². The minimum Gasteiger partial charge on any atom is -0.354 e. The third kappa shape index (κ3) is 4.43. The zero-order valence-electron chi connectivity index (χ0n) is 13.8. The maximum Gasteiger partial charge on any atom is 0.223 e. The number of carbonyl (C=O) groups excluding carboxylic acids is 1. The standard InChI is InChI=1S/C17H33N3O/c1-13(2)16(20-9-5-6-10-20)12-19-17(21)15-8-4-3-7-14(15)11-18/h13-16H,3-12,18H2,1-2H3,(H,19,21).